The Morgan fingerprint density at radius 2 is 1.94 bits per heavy atom. The number of hydrogen-bond acceptors (Lipinski definition) is 7. The van der Waals surface area contributed by atoms with Crippen LogP contribution in [0.2, 0.25) is 0 Å². The Kier molecular flexibility index (Phi) is 8.53. The molecule has 0 aliphatic carbocycles. The summed E-state index contributed by atoms with van der Waals surface area (Å²) in [7, 11) is 0. The normalized spacial score (nSPS) is 14.0. The highest BCUT2D eigenvalue weighted by molar-refractivity contribution is 7.18. The van der Waals surface area contributed by atoms with Gasteiger partial charge in [-0.3, -0.25) is 9.69 Å². The van der Waals surface area contributed by atoms with Crippen LogP contribution in [-0.4, -0.2) is 59.0 Å². The Morgan fingerprint density at radius 3 is 2.61 bits per heavy atom. The number of anilines is 1. The first kappa shape index (κ1) is 26.0. The van der Waals surface area contributed by atoms with Crippen molar-refractivity contribution in [1.29, 1.82) is 0 Å². The fourth-order valence-corrected chi connectivity index (χ4v) is 5.23. The summed E-state index contributed by atoms with van der Waals surface area (Å²) in [6.07, 6.45) is 2.03. The van der Waals surface area contributed by atoms with Gasteiger partial charge in [0, 0.05) is 43.9 Å². The van der Waals surface area contributed by atoms with E-state index in [4.69, 9.17) is 9.84 Å². The largest absolute Gasteiger partial charge is 0.492 e. The van der Waals surface area contributed by atoms with Crippen molar-refractivity contribution in [3.8, 4) is 16.3 Å². The van der Waals surface area contributed by atoms with Gasteiger partial charge in [-0.05, 0) is 49.6 Å². The fraction of sp³-hybridized carbons (Fsp3) is 0.444. The van der Waals surface area contributed by atoms with Crippen molar-refractivity contribution in [2.45, 2.75) is 40.2 Å². The van der Waals surface area contributed by atoms with Crippen molar-refractivity contribution in [1.82, 2.24) is 15.1 Å². The Bertz CT molecular complexity index is 1170. The van der Waals surface area contributed by atoms with Crippen LogP contribution in [0, 0.1) is 25.6 Å². The maximum Gasteiger partial charge on any atom is 0.309 e. The molecule has 0 radical (unpaired) electrons. The van der Waals surface area contributed by atoms with Crippen molar-refractivity contribution in [3.05, 3.63) is 58.9 Å². The zero-order valence-electron chi connectivity index (χ0n) is 21.0. The molecule has 2 aromatic carbocycles. The standard InChI is InChI=1S/C27H33FN4O3S/c1-4-5-10-32(17-20-8-6-7-9-23(20)28)27-30-29-25(36-27)21-13-18(2)24(19(3)14-21)35-12-11-31-15-22(16-31)26(33)34/h6-9,13-14,22H,4-5,10-12,15-17H2,1-3H3,(H,33,34). The third kappa shape index (κ3) is 6.20. The van der Waals surface area contributed by atoms with Gasteiger partial charge < -0.3 is 14.7 Å². The number of aliphatic carboxylic acids is 1. The van der Waals surface area contributed by atoms with Crippen LogP contribution in [0.25, 0.3) is 10.6 Å². The van der Waals surface area contributed by atoms with Crippen LogP contribution < -0.4 is 9.64 Å². The van der Waals surface area contributed by atoms with Gasteiger partial charge in [-0.2, -0.15) is 0 Å². The minimum absolute atomic E-state index is 0.207. The molecule has 1 saturated heterocycles. The number of aromatic nitrogens is 2. The number of hydrogen-bond donors (Lipinski definition) is 1. The number of carboxylic acid groups (broad SMARTS) is 1. The van der Waals surface area contributed by atoms with E-state index in [2.05, 4.69) is 39.1 Å². The molecule has 1 aliphatic rings. The molecule has 1 aromatic heterocycles. The van der Waals surface area contributed by atoms with Crippen molar-refractivity contribution in [2.75, 3.05) is 37.7 Å². The third-order valence-electron chi connectivity index (χ3n) is 6.45. The molecule has 2 heterocycles. The second-order valence-electron chi connectivity index (χ2n) is 9.34. The summed E-state index contributed by atoms with van der Waals surface area (Å²) >= 11 is 1.51. The molecule has 4 rings (SSSR count). The lowest BCUT2D eigenvalue weighted by atomic mass is 10.0. The number of unbranched alkanes of at least 4 members (excludes halogenated alkanes) is 1. The zero-order chi connectivity index (χ0) is 25.7. The molecule has 1 fully saturated rings. The van der Waals surface area contributed by atoms with E-state index in [9.17, 15) is 9.18 Å². The molecule has 0 atom stereocenters. The number of ether oxygens (including phenoxy) is 1. The predicted octanol–water partition coefficient (Wildman–Crippen LogP) is 5.16. The number of benzene rings is 2. The van der Waals surface area contributed by atoms with Gasteiger partial charge in [0.2, 0.25) is 5.13 Å². The Balaban J connectivity index is 1.43. The average Bonchev–Trinajstić information content (AvgIpc) is 3.30. The molecule has 0 amide bonds. The van der Waals surface area contributed by atoms with Crippen molar-refractivity contribution < 1.29 is 19.0 Å². The zero-order valence-corrected chi connectivity index (χ0v) is 21.9. The number of likely N-dealkylation sites (tertiary alicyclic amines) is 1. The first-order valence-corrected chi connectivity index (χ1v) is 13.2. The summed E-state index contributed by atoms with van der Waals surface area (Å²) in [5.74, 6) is -0.339. The summed E-state index contributed by atoms with van der Waals surface area (Å²) < 4.78 is 20.4. The molecule has 7 nitrogen and oxygen atoms in total. The highest BCUT2D eigenvalue weighted by Gasteiger charge is 2.32. The van der Waals surface area contributed by atoms with E-state index in [1.54, 1.807) is 6.07 Å². The van der Waals surface area contributed by atoms with Crippen LogP contribution in [0.3, 0.4) is 0 Å². The Labute approximate surface area is 215 Å². The fourth-order valence-electron chi connectivity index (χ4n) is 4.37. The number of carboxylic acids is 1. The quantitative estimate of drug-likeness (QED) is 0.359. The van der Waals surface area contributed by atoms with Crippen LogP contribution in [-0.2, 0) is 11.3 Å². The van der Waals surface area contributed by atoms with Crippen molar-refractivity contribution >= 4 is 22.4 Å². The van der Waals surface area contributed by atoms with Gasteiger partial charge in [0.15, 0.2) is 0 Å². The lowest BCUT2D eigenvalue weighted by Gasteiger charge is -2.36. The van der Waals surface area contributed by atoms with E-state index in [0.717, 1.165) is 52.0 Å². The molecular weight excluding hydrogens is 479 g/mol. The smallest absolute Gasteiger partial charge is 0.309 e. The second-order valence-corrected chi connectivity index (χ2v) is 10.3. The van der Waals surface area contributed by atoms with Gasteiger partial charge in [0.1, 0.15) is 23.2 Å². The van der Waals surface area contributed by atoms with Gasteiger partial charge in [0.25, 0.3) is 0 Å². The SMILES string of the molecule is CCCCN(Cc1ccccc1F)c1nnc(-c2cc(C)c(OCCN3CC(C(=O)O)C3)c(C)c2)s1. The summed E-state index contributed by atoms with van der Waals surface area (Å²) in [4.78, 5) is 15.1. The molecule has 0 bridgehead atoms. The van der Waals surface area contributed by atoms with Gasteiger partial charge in [0.05, 0.1) is 5.92 Å². The van der Waals surface area contributed by atoms with Crippen molar-refractivity contribution in [3.63, 3.8) is 0 Å². The van der Waals surface area contributed by atoms with Crippen LogP contribution in [0.4, 0.5) is 9.52 Å². The molecule has 192 valence electrons. The molecule has 1 aliphatic heterocycles. The van der Waals surface area contributed by atoms with Crippen molar-refractivity contribution in [2.24, 2.45) is 5.92 Å². The van der Waals surface area contributed by atoms with E-state index in [0.29, 0.717) is 38.3 Å². The number of carbonyl (C=O) groups is 1. The summed E-state index contributed by atoms with van der Waals surface area (Å²) in [6, 6.07) is 11.0. The number of halogens is 1. The van der Waals surface area contributed by atoms with Crippen LogP contribution in [0.15, 0.2) is 36.4 Å². The molecule has 9 heteroatoms. The van der Waals surface area contributed by atoms with E-state index in [-0.39, 0.29) is 11.7 Å². The lowest BCUT2D eigenvalue weighted by molar-refractivity contribution is -0.147. The van der Waals surface area contributed by atoms with Crippen LogP contribution >= 0.6 is 11.3 Å². The van der Waals surface area contributed by atoms with E-state index >= 15 is 0 Å². The highest BCUT2D eigenvalue weighted by atomic mass is 32.1. The van der Waals surface area contributed by atoms with E-state index in [1.165, 1.54) is 17.4 Å². The molecular formula is C27H33FN4O3S. The maximum atomic E-state index is 14.3. The molecule has 0 spiro atoms. The number of aryl methyl sites for hydroxylation is 2. The number of nitrogens with zero attached hydrogens (tertiary/aromatic N) is 4. The molecule has 0 saturated carbocycles. The monoisotopic (exact) mass is 512 g/mol. The van der Waals surface area contributed by atoms with Crippen LogP contribution in [0.5, 0.6) is 5.75 Å². The molecule has 3 aromatic rings. The van der Waals surface area contributed by atoms with Crippen LogP contribution in [0.1, 0.15) is 36.5 Å². The minimum Gasteiger partial charge on any atom is -0.492 e. The Morgan fingerprint density at radius 1 is 1.22 bits per heavy atom. The first-order chi connectivity index (χ1) is 17.4. The van der Waals surface area contributed by atoms with Gasteiger partial charge in [-0.15, -0.1) is 10.2 Å². The lowest BCUT2D eigenvalue weighted by Crippen LogP contribution is -2.51. The average molecular weight is 513 g/mol. The van der Waals surface area contributed by atoms with E-state index < -0.39 is 5.97 Å². The minimum atomic E-state index is -0.727. The topological polar surface area (TPSA) is 78.8 Å². The maximum absolute atomic E-state index is 14.3. The predicted molar refractivity (Wildman–Crippen MR) is 140 cm³/mol. The summed E-state index contributed by atoms with van der Waals surface area (Å²) in [5, 5.41) is 19.5. The summed E-state index contributed by atoms with van der Waals surface area (Å²) in [6.45, 7) is 9.80. The molecule has 0 unspecified atom stereocenters. The molecule has 36 heavy (non-hydrogen) atoms. The molecule has 1 N–H and O–H groups in total. The number of rotatable bonds is 12. The third-order valence-corrected chi connectivity index (χ3v) is 7.49. The highest BCUT2D eigenvalue weighted by Crippen LogP contribution is 2.34. The second kappa shape index (κ2) is 11.8. The van der Waals surface area contributed by atoms with E-state index in [1.807, 2.05) is 26.0 Å². The first-order valence-electron chi connectivity index (χ1n) is 12.4. The van der Waals surface area contributed by atoms with Gasteiger partial charge >= 0.3 is 5.97 Å². The van der Waals surface area contributed by atoms with Gasteiger partial charge in [-0.1, -0.05) is 42.9 Å². The Hall–Kier alpha value is -3.04. The van der Waals surface area contributed by atoms with Gasteiger partial charge in [-0.25, -0.2) is 4.39 Å². The summed E-state index contributed by atoms with van der Waals surface area (Å²) in [5.41, 5.74) is 3.66.